The molecule has 1 N–H and O–H groups in total. The van der Waals surface area contributed by atoms with Gasteiger partial charge in [0.1, 0.15) is 11.8 Å². The summed E-state index contributed by atoms with van der Waals surface area (Å²) in [6.07, 6.45) is 1.99. The van der Waals surface area contributed by atoms with Gasteiger partial charge in [0.25, 0.3) is 5.56 Å². The highest BCUT2D eigenvalue weighted by molar-refractivity contribution is 7.98. The molecule has 0 aliphatic heterocycles. The molecule has 0 aliphatic rings. The summed E-state index contributed by atoms with van der Waals surface area (Å²) in [5.41, 5.74) is 1.23. The number of nitrogens with one attached hydrogen (secondary N) is 1. The lowest BCUT2D eigenvalue weighted by molar-refractivity contribution is 0.989. The van der Waals surface area contributed by atoms with Crippen LogP contribution in [-0.4, -0.2) is 16.5 Å². The highest BCUT2D eigenvalue weighted by Gasteiger charge is 2.07. The molecule has 0 bridgehead atoms. The van der Waals surface area contributed by atoms with Gasteiger partial charge in [-0.15, -0.1) is 11.8 Å². The van der Waals surface area contributed by atoms with E-state index in [9.17, 15) is 4.79 Å². The SMILES string of the molecule is CSc1ccc(-c2n[nH]c(=O)cc2C#N)cc1. The normalized spacial score (nSPS) is 9.88. The van der Waals surface area contributed by atoms with Crippen molar-refractivity contribution in [1.29, 1.82) is 5.26 Å². The Morgan fingerprint density at radius 3 is 2.65 bits per heavy atom. The molecule has 2 aromatic rings. The van der Waals surface area contributed by atoms with E-state index in [2.05, 4.69) is 10.2 Å². The van der Waals surface area contributed by atoms with Gasteiger partial charge in [0.05, 0.1) is 5.56 Å². The average Bonchev–Trinajstić information content (AvgIpc) is 2.39. The van der Waals surface area contributed by atoms with E-state index in [1.165, 1.54) is 6.07 Å². The van der Waals surface area contributed by atoms with Crippen molar-refractivity contribution in [3.8, 4) is 17.3 Å². The summed E-state index contributed by atoms with van der Waals surface area (Å²) in [7, 11) is 0. The van der Waals surface area contributed by atoms with E-state index < -0.39 is 0 Å². The molecule has 4 nitrogen and oxygen atoms in total. The summed E-state index contributed by atoms with van der Waals surface area (Å²) < 4.78 is 0. The topological polar surface area (TPSA) is 69.5 Å². The van der Waals surface area contributed by atoms with Gasteiger partial charge in [0.2, 0.25) is 0 Å². The van der Waals surface area contributed by atoms with Crippen LogP contribution in [0.2, 0.25) is 0 Å². The number of benzene rings is 1. The smallest absolute Gasteiger partial charge is 0.265 e. The molecule has 0 radical (unpaired) electrons. The fraction of sp³-hybridized carbons (Fsp3) is 0.0833. The van der Waals surface area contributed by atoms with E-state index in [0.717, 1.165) is 10.5 Å². The molecule has 17 heavy (non-hydrogen) atoms. The third kappa shape index (κ3) is 2.37. The van der Waals surface area contributed by atoms with E-state index in [-0.39, 0.29) is 11.1 Å². The zero-order chi connectivity index (χ0) is 12.3. The Morgan fingerprint density at radius 2 is 2.06 bits per heavy atom. The van der Waals surface area contributed by atoms with Gasteiger partial charge in [-0.05, 0) is 18.4 Å². The molecule has 0 saturated heterocycles. The average molecular weight is 243 g/mol. The molecule has 0 spiro atoms. The maximum absolute atomic E-state index is 11.1. The summed E-state index contributed by atoms with van der Waals surface area (Å²) in [6, 6.07) is 10.9. The molecule has 0 aliphatic carbocycles. The minimum Gasteiger partial charge on any atom is -0.268 e. The summed E-state index contributed by atoms with van der Waals surface area (Å²) in [5, 5.41) is 15.2. The van der Waals surface area contributed by atoms with Crippen molar-refractivity contribution < 1.29 is 0 Å². The van der Waals surface area contributed by atoms with Gasteiger partial charge in [0.15, 0.2) is 0 Å². The van der Waals surface area contributed by atoms with Gasteiger partial charge < -0.3 is 0 Å². The van der Waals surface area contributed by atoms with E-state index in [4.69, 9.17) is 5.26 Å². The van der Waals surface area contributed by atoms with Crippen LogP contribution in [0.25, 0.3) is 11.3 Å². The Morgan fingerprint density at radius 1 is 1.35 bits per heavy atom. The third-order valence-corrected chi connectivity index (χ3v) is 3.04. The van der Waals surface area contributed by atoms with Crippen LogP contribution in [0, 0.1) is 11.3 Å². The Balaban J connectivity index is 2.53. The number of hydrogen-bond acceptors (Lipinski definition) is 4. The second-order valence-corrected chi connectivity index (χ2v) is 4.21. The molecule has 0 unspecified atom stereocenters. The first-order valence-electron chi connectivity index (χ1n) is 4.89. The summed E-state index contributed by atoms with van der Waals surface area (Å²) >= 11 is 1.64. The van der Waals surface area contributed by atoms with Crippen molar-refractivity contribution >= 4 is 11.8 Å². The van der Waals surface area contributed by atoms with E-state index >= 15 is 0 Å². The Hall–Kier alpha value is -2.06. The lowest BCUT2D eigenvalue weighted by atomic mass is 10.1. The van der Waals surface area contributed by atoms with E-state index in [0.29, 0.717) is 5.69 Å². The molecule has 5 heteroatoms. The Labute approximate surface area is 102 Å². The van der Waals surface area contributed by atoms with Gasteiger partial charge in [0, 0.05) is 16.5 Å². The zero-order valence-electron chi connectivity index (χ0n) is 9.10. The zero-order valence-corrected chi connectivity index (χ0v) is 9.91. The first kappa shape index (κ1) is 11.4. The second kappa shape index (κ2) is 4.85. The number of thioether (sulfide) groups is 1. The second-order valence-electron chi connectivity index (χ2n) is 3.33. The molecule has 0 atom stereocenters. The van der Waals surface area contributed by atoms with Crippen LogP contribution in [0.15, 0.2) is 40.0 Å². The van der Waals surface area contributed by atoms with Crippen LogP contribution in [0.4, 0.5) is 0 Å². The molecule has 0 fully saturated rings. The molecule has 1 heterocycles. The van der Waals surface area contributed by atoms with Gasteiger partial charge >= 0.3 is 0 Å². The van der Waals surface area contributed by atoms with Crippen molar-refractivity contribution in [2.24, 2.45) is 0 Å². The van der Waals surface area contributed by atoms with Crippen LogP contribution in [-0.2, 0) is 0 Å². The molecule has 2 rings (SSSR count). The van der Waals surface area contributed by atoms with Gasteiger partial charge in [-0.1, -0.05) is 12.1 Å². The lowest BCUT2D eigenvalue weighted by Crippen LogP contribution is -2.08. The predicted molar refractivity (Wildman–Crippen MR) is 66.8 cm³/mol. The van der Waals surface area contributed by atoms with Crippen LogP contribution < -0.4 is 5.56 Å². The predicted octanol–water partition coefficient (Wildman–Crippen LogP) is 2.03. The number of rotatable bonds is 2. The molecule has 0 saturated carbocycles. The van der Waals surface area contributed by atoms with Crippen LogP contribution in [0.5, 0.6) is 0 Å². The number of aromatic amines is 1. The summed E-state index contributed by atoms with van der Waals surface area (Å²) in [5.74, 6) is 0. The fourth-order valence-corrected chi connectivity index (χ4v) is 1.87. The maximum atomic E-state index is 11.1. The third-order valence-electron chi connectivity index (χ3n) is 2.29. The monoisotopic (exact) mass is 243 g/mol. The first-order valence-corrected chi connectivity index (χ1v) is 6.11. The molecule has 84 valence electrons. The number of nitriles is 1. The Bertz CT molecular complexity index is 625. The molecular weight excluding hydrogens is 234 g/mol. The quantitative estimate of drug-likeness (QED) is 0.819. The molecular formula is C12H9N3OS. The fourth-order valence-electron chi connectivity index (χ4n) is 1.46. The van der Waals surface area contributed by atoms with Crippen molar-refractivity contribution in [3.63, 3.8) is 0 Å². The number of hydrogen-bond donors (Lipinski definition) is 1. The van der Waals surface area contributed by atoms with Gasteiger partial charge in [-0.2, -0.15) is 10.4 Å². The standard InChI is InChI=1S/C12H9N3OS/c1-17-10-4-2-8(3-5-10)12-9(7-13)6-11(16)14-15-12/h2-6H,1H3,(H,14,16). The van der Waals surface area contributed by atoms with E-state index in [1.54, 1.807) is 11.8 Å². The first-order chi connectivity index (χ1) is 8.24. The number of aromatic nitrogens is 2. The molecule has 1 aromatic heterocycles. The molecule has 1 aromatic carbocycles. The van der Waals surface area contributed by atoms with Crippen molar-refractivity contribution in [2.75, 3.05) is 6.26 Å². The highest BCUT2D eigenvalue weighted by Crippen LogP contribution is 2.22. The summed E-state index contributed by atoms with van der Waals surface area (Å²) in [6.45, 7) is 0. The van der Waals surface area contributed by atoms with Crippen molar-refractivity contribution in [2.45, 2.75) is 4.90 Å². The van der Waals surface area contributed by atoms with Gasteiger partial charge in [-0.25, -0.2) is 5.10 Å². The Kier molecular flexibility index (Phi) is 3.26. The number of H-pyrrole nitrogens is 1. The van der Waals surface area contributed by atoms with Crippen molar-refractivity contribution in [1.82, 2.24) is 10.2 Å². The van der Waals surface area contributed by atoms with Crippen LogP contribution >= 0.6 is 11.8 Å². The highest BCUT2D eigenvalue weighted by atomic mass is 32.2. The van der Waals surface area contributed by atoms with Crippen LogP contribution in [0.3, 0.4) is 0 Å². The lowest BCUT2D eigenvalue weighted by Gasteiger charge is -2.02. The van der Waals surface area contributed by atoms with Gasteiger partial charge in [-0.3, -0.25) is 4.79 Å². The van der Waals surface area contributed by atoms with E-state index in [1.807, 2.05) is 36.6 Å². The maximum Gasteiger partial charge on any atom is 0.265 e. The number of nitrogens with zero attached hydrogens (tertiary/aromatic N) is 2. The summed E-state index contributed by atoms with van der Waals surface area (Å²) in [4.78, 5) is 12.2. The van der Waals surface area contributed by atoms with Crippen LogP contribution in [0.1, 0.15) is 5.56 Å². The molecule has 0 amide bonds. The minimum absolute atomic E-state index is 0.283. The van der Waals surface area contributed by atoms with Crippen molar-refractivity contribution in [3.05, 3.63) is 46.2 Å². The minimum atomic E-state index is -0.369. The largest absolute Gasteiger partial charge is 0.268 e.